The number of methoxy groups -OCH3 is 1. The Bertz CT molecular complexity index is 141. The SMILES string of the molecule is COCC(=O)CSC1CCCC1. The lowest BCUT2D eigenvalue weighted by Crippen LogP contribution is -2.11. The van der Waals surface area contributed by atoms with Crippen molar-refractivity contribution in [2.45, 2.75) is 30.9 Å². The maximum absolute atomic E-state index is 11.1. The van der Waals surface area contributed by atoms with Gasteiger partial charge in [-0.15, -0.1) is 0 Å². The van der Waals surface area contributed by atoms with Crippen LogP contribution in [0, 0.1) is 0 Å². The van der Waals surface area contributed by atoms with Gasteiger partial charge in [0.25, 0.3) is 0 Å². The molecule has 0 saturated heterocycles. The highest BCUT2D eigenvalue weighted by molar-refractivity contribution is 8.00. The van der Waals surface area contributed by atoms with Crippen LogP contribution in [-0.2, 0) is 9.53 Å². The number of ether oxygens (including phenoxy) is 1. The minimum atomic E-state index is 0.217. The Balaban J connectivity index is 2.03. The van der Waals surface area contributed by atoms with Gasteiger partial charge in [0.05, 0.1) is 5.75 Å². The molecule has 0 bridgehead atoms. The Hall–Kier alpha value is -0.0200. The average Bonchev–Trinajstić information content (AvgIpc) is 2.53. The lowest BCUT2D eigenvalue weighted by atomic mass is 10.4. The molecule has 2 nitrogen and oxygen atoms in total. The molecule has 70 valence electrons. The van der Waals surface area contributed by atoms with Crippen molar-refractivity contribution in [2.24, 2.45) is 0 Å². The number of hydrogen-bond donors (Lipinski definition) is 0. The summed E-state index contributed by atoms with van der Waals surface area (Å²) in [5.41, 5.74) is 0. The van der Waals surface area contributed by atoms with Gasteiger partial charge >= 0.3 is 0 Å². The van der Waals surface area contributed by atoms with Gasteiger partial charge in [-0.3, -0.25) is 4.79 Å². The first-order valence-electron chi connectivity index (χ1n) is 4.45. The van der Waals surface area contributed by atoms with Crippen LogP contribution in [0.2, 0.25) is 0 Å². The van der Waals surface area contributed by atoms with E-state index in [2.05, 4.69) is 0 Å². The summed E-state index contributed by atoms with van der Waals surface area (Å²) in [7, 11) is 1.57. The van der Waals surface area contributed by atoms with Gasteiger partial charge in [-0.05, 0) is 12.8 Å². The summed E-state index contributed by atoms with van der Waals surface area (Å²) in [4.78, 5) is 11.1. The first kappa shape index (κ1) is 10.1. The van der Waals surface area contributed by atoms with Gasteiger partial charge in [0.15, 0.2) is 5.78 Å². The molecule has 0 aromatic carbocycles. The van der Waals surface area contributed by atoms with Crippen LogP contribution in [0.15, 0.2) is 0 Å². The van der Waals surface area contributed by atoms with Crippen molar-refractivity contribution in [3.63, 3.8) is 0 Å². The number of thioether (sulfide) groups is 1. The molecule has 0 amide bonds. The average molecular weight is 188 g/mol. The summed E-state index contributed by atoms with van der Waals surface area (Å²) < 4.78 is 4.76. The third-order valence-corrected chi connectivity index (χ3v) is 3.52. The van der Waals surface area contributed by atoms with Crippen molar-refractivity contribution in [1.29, 1.82) is 0 Å². The predicted octanol–water partition coefficient (Wildman–Crippen LogP) is 1.88. The van der Waals surface area contributed by atoms with E-state index in [1.165, 1.54) is 25.7 Å². The molecule has 0 spiro atoms. The Morgan fingerprint density at radius 2 is 2.17 bits per heavy atom. The van der Waals surface area contributed by atoms with Crippen molar-refractivity contribution >= 4 is 17.5 Å². The molecular formula is C9H16O2S. The van der Waals surface area contributed by atoms with E-state index in [-0.39, 0.29) is 12.4 Å². The Kier molecular flexibility index (Phi) is 4.69. The van der Waals surface area contributed by atoms with Crippen molar-refractivity contribution < 1.29 is 9.53 Å². The Morgan fingerprint density at radius 1 is 1.50 bits per heavy atom. The van der Waals surface area contributed by atoms with E-state index >= 15 is 0 Å². The van der Waals surface area contributed by atoms with Gasteiger partial charge in [0.2, 0.25) is 0 Å². The van der Waals surface area contributed by atoms with Crippen LogP contribution in [0.25, 0.3) is 0 Å². The molecule has 1 rings (SSSR count). The van der Waals surface area contributed by atoms with Crippen LogP contribution in [0.5, 0.6) is 0 Å². The van der Waals surface area contributed by atoms with Crippen LogP contribution in [0.3, 0.4) is 0 Å². The number of Topliss-reactive ketones (excluding diaryl/α,β-unsaturated/α-hetero) is 1. The molecular weight excluding hydrogens is 172 g/mol. The monoisotopic (exact) mass is 188 g/mol. The topological polar surface area (TPSA) is 26.3 Å². The summed E-state index contributed by atoms with van der Waals surface area (Å²) in [5.74, 6) is 0.854. The van der Waals surface area contributed by atoms with Crippen molar-refractivity contribution in [3.05, 3.63) is 0 Å². The summed E-state index contributed by atoms with van der Waals surface area (Å²) in [6, 6.07) is 0. The molecule has 1 aliphatic carbocycles. The van der Waals surface area contributed by atoms with Gasteiger partial charge in [0, 0.05) is 12.4 Å². The molecule has 0 atom stereocenters. The van der Waals surface area contributed by atoms with E-state index in [9.17, 15) is 4.79 Å². The van der Waals surface area contributed by atoms with E-state index in [4.69, 9.17) is 4.74 Å². The van der Waals surface area contributed by atoms with Gasteiger partial charge in [-0.2, -0.15) is 11.8 Å². The molecule has 0 heterocycles. The molecule has 0 aromatic heterocycles. The summed E-state index contributed by atoms with van der Waals surface area (Å²) in [5, 5.41) is 0.741. The zero-order chi connectivity index (χ0) is 8.81. The van der Waals surface area contributed by atoms with Crippen molar-refractivity contribution in [2.75, 3.05) is 19.5 Å². The molecule has 1 aliphatic rings. The van der Waals surface area contributed by atoms with Gasteiger partial charge in [-0.1, -0.05) is 12.8 Å². The number of rotatable bonds is 5. The van der Waals surface area contributed by atoms with E-state index in [1.54, 1.807) is 18.9 Å². The Morgan fingerprint density at radius 3 is 2.75 bits per heavy atom. The fourth-order valence-corrected chi connectivity index (χ4v) is 2.64. The second-order valence-corrected chi connectivity index (χ2v) is 4.48. The van der Waals surface area contributed by atoms with Crippen LogP contribution in [-0.4, -0.2) is 30.5 Å². The van der Waals surface area contributed by atoms with E-state index < -0.39 is 0 Å². The quantitative estimate of drug-likeness (QED) is 0.659. The maximum atomic E-state index is 11.1. The molecule has 0 aromatic rings. The molecule has 12 heavy (non-hydrogen) atoms. The highest BCUT2D eigenvalue weighted by Crippen LogP contribution is 2.29. The van der Waals surface area contributed by atoms with Gasteiger partial charge in [0.1, 0.15) is 6.61 Å². The second kappa shape index (κ2) is 5.60. The maximum Gasteiger partial charge on any atom is 0.168 e. The number of carbonyl (C=O) groups is 1. The standard InChI is InChI=1S/C9H16O2S/c1-11-6-8(10)7-12-9-4-2-3-5-9/h9H,2-7H2,1H3. The normalized spacial score (nSPS) is 18.4. The Labute approximate surface area is 78.1 Å². The number of hydrogen-bond acceptors (Lipinski definition) is 3. The van der Waals surface area contributed by atoms with E-state index in [1.807, 2.05) is 0 Å². The molecule has 3 heteroatoms. The van der Waals surface area contributed by atoms with E-state index in [0.717, 1.165) is 5.25 Å². The van der Waals surface area contributed by atoms with Crippen LogP contribution >= 0.6 is 11.8 Å². The molecule has 0 radical (unpaired) electrons. The fraction of sp³-hybridized carbons (Fsp3) is 0.889. The van der Waals surface area contributed by atoms with Crippen LogP contribution in [0.4, 0.5) is 0 Å². The summed E-state index contributed by atoms with van der Waals surface area (Å²) in [6.45, 7) is 0.277. The zero-order valence-corrected chi connectivity index (χ0v) is 8.36. The smallest absolute Gasteiger partial charge is 0.168 e. The van der Waals surface area contributed by atoms with Crippen LogP contribution in [0.1, 0.15) is 25.7 Å². The minimum Gasteiger partial charge on any atom is -0.377 e. The molecule has 0 unspecified atom stereocenters. The van der Waals surface area contributed by atoms with Crippen molar-refractivity contribution in [3.8, 4) is 0 Å². The van der Waals surface area contributed by atoms with Gasteiger partial charge < -0.3 is 4.74 Å². The highest BCUT2D eigenvalue weighted by atomic mass is 32.2. The lowest BCUT2D eigenvalue weighted by Gasteiger charge is -2.06. The van der Waals surface area contributed by atoms with Crippen molar-refractivity contribution in [1.82, 2.24) is 0 Å². The lowest BCUT2D eigenvalue weighted by molar-refractivity contribution is -0.120. The molecule has 0 aliphatic heterocycles. The minimum absolute atomic E-state index is 0.217. The predicted molar refractivity (Wildman–Crippen MR) is 51.6 cm³/mol. The van der Waals surface area contributed by atoms with Gasteiger partial charge in [-0.25, -0.2) is 0 Å². The largest absolute Gasteiger partial charge is 0.377 e. The highest BCUT2D eigenvalue weighted by Gasteiger charge is 2.16. The third-order valence-electron chi connectivity index (χ3n) is 2.09. The third kappa shape index (κ3) is 3.59. The first-order chi connectivity index (χ1) is 5.83. The first-order valence-corrected chi connectivity index (χ1v) is 5.50. The summed E-state index contributed by atoms with van der Waals surface area (Å²) in [6.07, 6.45) is 5.28. The fourth-order valence-electron chi connectivity index (χ4n) is 1.47. The molecule has 1 fully saturated rings. The number of ketones is 1. The van der Waals surface area contributed by atoms with Crippen LogP contribution < -0.4 is 0 Å². The molecule has 0 N–H and O–H groups in total. The summed E-state index contributed by atoms with van der Waals surface area (Å²) >= 11 is 1.80. The molecule has 1 saturated carbocycles. The zero-order valence-electron chi connectivity index (χ0n) is 7.54. The number of carbonyl (C=O) groups excluding carboxylic acids is 1. The second-order valence-electron chi connectivity index (χ2n) is 3.19. The van der Waals surface area contributed by atoms with E-state index in [0.29, 0.717) is 5.75 Å².